The molecule has 0 aliphatic rings. The number of hydrogen-bond acceptors (Lipinski definition) is 3. The maximum atomic E-state index is 4.03. The fourth-order valence-corrected chi connectivity index (χ4v) is 1.30. The van der Waals surface area contributed by atoms with Crippen molar-refractivity contribution < 1.29 is 0 Å². The molecule has 0 aliphatic carbocycles. The van der Waals surface area contributed by atoms with Crippen LogP contribution in [0.3, 0.4) is 0 Å². The normalized spacial score (nSPS) is 9.81. The largest absolute Gasteiger partial charge is 0.339 e. The molecule has 0 unspecified atom stereocenters. The first-order valence-electron chi connectivity index (χ1n) is 5.08. The molecule has 80 valence electrons. The number of benzene rings is 1. The molecule has 1 aromatic carbocycles. The molecule has 1 heterocycles. The van der Waals surface area contributed by atoms with Crippen LogP contribution in [0.2, 0.25) is 0 Å². The van der Waals surface area contributed by atoms with Crippen LogP contribution in [0.5, 0.6) is 0 Å². The van der Waals surface area contributed by atoms with E-state index in [-0.39, 0.29) is 0 Å². The van der Waals surface area contributed by atoms with Gasteiger partial charge in [0.05, 0.1) is 5.69 Å². The number of nitrogens with zero attached hydrogens (tertiary/aromatic N) is 2. The Morgan fingerprint density at radius 3 is 2.38 bits per heavy atom. The van der Waals surface area contributed by atoms with E-state index in [1.165, 1.54) is 5.56 Å². The van der Waals surface area contributed by atoms with Gasteiger partial charge in [0.25, 0.3) is 0 Å². The minimum Gasteiger partial charge on any atom is -0.339 e. The predicted molar refractivity (Wildman–Crippen MR) is 66.6 cm³/mol. The SMILES string of the molecule is C=Cc1ccc(Nc2ccc(C)cc2)nn1. The smallest absolute Gasteiger partial charge is 0.153 e. The number of aryl methyl sites for hydroxylation is 1. The fourth-order valence-electron chi connectivity index (χ4n) is 1.30. The van der Waals surface area contributed by atoms with Crippen LogP contribution >= 0.6 is 0 Å². The second-order valence-corrected chi connectivity index (χ2v) is 3.54. The van der Waals surface area contributed by atoms with Crippen molar-refractivity contribution in [1.29, 1.82) is 0 Å². The molecule has 0 fully saturated rings. The highest BCUT2D eigenvalue weighted by Crippen LogP contribution is 2.14. The Hall–Kier alpha value is -2.16. The summed E-state index contributed by atoms with van der Waals surface area (Å²) in [5, 5.41) is 11.2. The summed E-state index contributed by atoms with van der Waals surface area (Å²) in [7, 11) is 0. The number of nitrogens with one attached hydrogen (secondary N) is 1. The van der Waals surface area contributed by atoms with Gasteiger partial charge in [-0.15, -0.1) is 10.2 Å². The highest BCUT2D eigenvalue weighted by Gasteiger charge is 1.96. The first-order chi connectivity index (χ1) is 7.78. The zero-order chi connectivity index (χ0) is 11.4. The fraction of sp³-hybridized carbons (Fsp3) is 0.0769. The molecule has 3 heteroatoms. The number of aromatic nitrogens is 2. The Morgan fingerprint density at radius 1 is 1.06 bits per heavy atom. The third-order valence-electron chi connectivity index (χ3n) is 2.22. The first kappa shape index (κ1) is 10.4. The Morgan fingerprint density at radius 2 is 1.81 bits per heavy atom. The molecule has 0 bridgehead atoms. The minimum absolute atomic E-state index is 0.731. The lowest BCUT2D eigenvalue weighted by Gasteiger charge is -2.04. The zero-order valence-electron chi connectivity index (χ0n) is 9.14. The van der Waals surface area contributed by atoms with Gasteiger partial charge in [0.2, 0.25) is 0 Å². The van der Waals surface area contributed by atoms with Crippen LogP contribution in [0.15, 0.2) is 43.0 Å². The quantitative estimate of drug-likeness (QED) is 0.847. The average molecular weight is 211 g/mol. The number of rotatable bonds is 3. The van der Waals surface area contributed by atoms with Gasteiger partial charge in [-0.3, -0.25) is 0 Å². The van der Waals surface area contributed by atoms with E-state index in [4.69, 9.17) is 0 Å². The van der Waals surface area contributed by atoms with Crippen molar-refractivity contribution in [3.8, 4) is 0 Å². The summed E-state index contributed by atoms with van der Waals surface area (Å²) in [6, 6.07) is 11.9. The third-order valence-corrected chi connectivity index (χ3v) is 2.22. The highest BCUT2D eigenvalue weighted by molar-refractivity contribution is 5.56. The van der Waals surface area contributed by atoms with Gasteiger partial charge >= 0.3 is 0 Å². The van der Waals surface area contributed by atoms with Crippen LogP contribution in [0.25, 0.3) is 6.08 Å². The van der Waals surface area contributed by atoms with Crippen molar-refractivity contribution in [3.05, 3.63) is 54.2 Å². The van der Waals surface area contributed by atoms with Gasteiger partial charge in [0, 0.05) is 5.69 Å². The average Bonchev–Trinajstić information content (AvgIpc) is 2.33. The monoisotopic (exact) mass is 211 g/mol. The summed E-state index contributed by atoms with van der Waals surface area (Å²) in [6.07, 6.45) is 1.67. The molecule has 0 radical (unpaired) electrons. The molecule has 0 aliphatic heterocycles. The van der Waals surface area contributed by atoms with Crippen molar-refractivity contribution in [2.45, 2.75) is 6.92 Å². The molecule has 0 saturated heterocycles. The van der Waals surface area contributed by atoms with E-state index in [2.05, 4.69) is 29.0 Å². The molecule has 0 amide bonds. The van der Waals surface area contributed by atoms with E-state index in [9.17, 15) is 0 Å². The standard InChI is InChI=1S/C13H13N3/c1-3-11-8-9-13(16-15-11)14-12-6-4-10(2)5-7-12/h3-9H,1H2,2H3,(H,14,16). The van der Waals surface area contributed by atoms with Gasteiger partial charge in [0.15, 0.2) is 5.82 Å². The predicted octanol–water partition coefficient (Wildman–Crippen LogP) is 3.17. The minimum atomic E-state index is 0.731. The molecule has 0 atom stereocenters. The molecule has 2 aromatic rings. The molecule has 16 heavy (non-hydrogen) atoms. The molecule has 3 nitrogen and oxygen atoms in total. The van der Waals surface area contributed by atoms with Crippen molar-refractivity contribution >= 4 is 17.6 Å². The third kappa shape index (κ3) is 2.45. The van der Waals surface area contributed by atoms with Gasteiger partial charge in [-0.25, -0.2) is 0 Å². The van der Waals surface area contributed by atoms with Crippen LogP contribution in [0.4, 0.5) is 11.5 Å². The van der Waals surface area contributed by atoms with Crippen LogP contribution < -0.4 is 5.32 Å². The van der Waals surface area contributed by atoms with Crippen LogP contribution in [0.1, 0.15) is 11.3 Å². The summed E-state index contributed by atoms with van der Waals surface area (Å²) < 4.78 is 0. The van der Waals surface area contributed by atoms with Crippen LogP contribution in [-0.2, 0) is 0 Å². The zero-order valence-corrected chi connectivity index (χ0v) is 9.14. The van der Waals surface area contributed by atoms with Crippen molar-refractivity contribution in [2.75, 3.05) is 5.32 Å². The van der Waals surface area contributed by atoms with E-state index < -0.39 is 0 Å². The molecule has 0 saturated carbocycles. The molecule has 0 spiro atoms. The molecule has 2 rings (SSSR count). The number of hydrogen-bond donors (Lipinski definition) is 1. The summed E-state index contributed by atoms with van der Waals surface area (Å²) >= 11 is 0. The second-order valence-electron chi connectivity index (χ2n) is 3.54. The Balaban J connectivity index is 2.14. The Labute approximate surface area is 94.9 Å². The lowest BCUT2D eigenvalue weighted by molar-refractivity contribution is 1.02. The lowest BCUT2D eigenvalue weighted by Crippen LogP contribution is -1.95. The van der Waals surface area contributed by atoms with Gasteiger partial charge in [-0.2, -0.15) is 0 Å². The van der Waals surface area contributed by atoms with Crippen LogP contribution in [0, 0.1) is 6.92 Å². The maximum Gasteiger partial charge on any atom is 0.153 e. The van der Waals surface area contributed by atoms with Gasteiger partial charge in [-0.1, -0.05) is 24.3 Å². The lowest BCUT2D eigenvalue weighted by atomic mass is 10.2. The first-order valence-corrected chi connectivity index (χ1v) is 5.08. The summed E-state index contributed by atoms with van der Waals surface area (Å²) in [6.45, 7) is 5.69. The molecular weight excluding hydrogens is 198 g/mol. The summed E-state index contributed by atoms with van der Waals surface area (Å²) in [5.41, 5.74) is 3.01. The van der Waals surface area contributed by atoms with Gasteiger partial charge in [0.1, 0.15) is 0 Å². The van der Waals surface area contributed by atoms with E-state index in [0.717, 1.165) is 17.2 Å². The topological polar surface area (TPSA) is 37.8 Å². The van der Waals surface area contributed by atoms with Crippen LogP contribution in [-0.4, -0.2) is 10.2 Å². The van der Waals surface area contributed by atoms with Gasteiger partial charge < -0.3 is 5.32 Å². The van der Waals surface area contributed by atoms with E-state index in [1.54, 1.807) is 6.08 Å². The van der Waals surface area contributed by atoms with E-state index >= 15 is 0 Å². The number of anilines is 2. The Bertz CT molecular complexity index is 472. The van der Waals surface area contributed by atoms with Crippen molar-refractivity contribution in [3.63, 3.8) is 0 Å². The van der Waals surface area contributed by atoms with Crippen molar-refractivity contribution in [2.24, 2.45) is 0 Å². The van der Waals surface area contributed by atoms with Crippen molar-refractivity contribution in [1.82, 2.24) is 10.2 Å². The Kier molecular flexibility index (Phi) is 2.96. The second kappa shape index (κ2) is 4.57. The molecule has 1 N–H and O–H groups in total. The molecular formula is C13H13N3. The van der Waals surface area contributed by atoms with E-state index in [0.29, 0.717) is 0 Å². The summed E-state index contributed by atoms with van der Waals surface area (Å²) in [5.74, 6) is 0.731. The maximum absolute atomic E-state index is 4.03. The van der Waals surface area contributed by atoms with Gasteiger partial charge in [-0.05, 0) is 37.3 Å². The highest BCUT2D eigenvalue weighted by atomic mass is 15.2. The molecule has 1 aromatic heterocycles. The summed E-state index contributed by atoms with van der Waals surface area (Å²) in [4.78, 5) is 0. The van der Waals surface area contributed by atoms with E-state index in [1.807, 2.05) is 36.4 Å².